The second-order valence-electron chi connectivity index (χ2n) is 6.03. The molecule has 0 amide bonds. The fraction of sp³-hybridized carbons (Fsp3) is 0.368. The van der Waals surface area contributed by atoms with E-state index in [0.717, 1.165) is 0 Å². The number of rotatable bonds is 10. The van der Waals surface area contributed by atoms with Gasteiger partial charge in [-0.25, -0.2) is 16.8 Å². The van der Waals surface area contributed by atoms with Crippen LogP contribution in [0.25, 0.3) is 0 Å². The Morgan fingerprint density at radius 1 is 0.714 bits per heavy atom. The van der Waals surface area contributed by atoms with Crippen molar-refractivity contribution < 1.29 is 31.4 Å². The van der Waals surface area contributed by atoms with Gasteiger partial charge in [-0.15, -0.1) is 0 Å². The van der Waals surface area contributed by atoms with Gasteiger partial charge in [-0.1, -0.05) is 13.8 Å². The average molecular weight is 429 g/mol. The molecule has 0 bridgehead atoms. The number of aliphatic hydroxyl groups is 1. The third-order valence-corrected chi connectivity index (χ3v) is 7.51. The molecule has 0 aliphatic carbocycles. The molecule has 154 valence electrons. The van der Waals surface area contributed by atoms with Gasteiger partial charge in [0.15, 0.2) is 19.7 Å². The van der Waals surface area contributed by atoms with Crippen LogP contribution in [0.5, 0.6) is 11.5 Å². The Morgan fingerprint density at radius 2 is 1.04 bits per heavy atom. The van der Waals surface area contributed by atoms with E-state index < -0.39 is 25.8 Å². The molecule has 0 spiro atoms. The molecule has 2 rings (SSSR count). The van der Waals surface area contributed by atoms with E-state index >= 15 is 0 Å². The minimum Gasteiger partial charge on any atom is -0.491 e. The first-order valence-electron chi connectivity index (χ1n) is 8.77. The van der Waals surface area contributed by atoms with E-state index in [0.29, 0.717) is 11.5 Å². The molecule has 7 nitrogen and oxygen atoms in total. The summed E-state index contributed by atoms with van der Waals surface area (Å²) >= 11 is 0. The fourth-order valence-electron chi connectivity index (χ4n) is 2.25. The number of hydrogen-bond donors (Lipinski definition) is 1. The van der Waals surface area contributed by atoms with Gasteiger partial charge in [-0.05, 0) is 48.5 Å². The molecular formula is C19H24O7S2. The molecule has 0 heterocycles. The van der Waals surface area contributed by atoms with Crippen LogP contribution in [-0.4, -0.2) is 52.8 Å². The smallest absolute Gasteiger partial charge is 0.178 e. The normalized spacial score (nSPS) is 12.1. The third-order valence-electron chi connectivity index (χ3n) is 4.01. The topological polar surface area (TPSA) is 107 Å². The molecule has 9 heteroatoms. The van der Waals surface area contributed by atoms with Crippen molar-refractivity contribution in [2.24, 2.45) is 0 Å². The minimum atomic E-state index is -3.26. The average Bonchev–Trinajstić information content (AvgIpc) is 2.71. The largest absolute Gasteiger partial charge is 0.491 e. The molecule has 0 saturated heterocycles. The van der Waals surface area contributed by atoms with E-state index in [1.54, 1.807) is 13.8 Å². The van der Waals surface area contributed by atoms with Gasteiger partial charge in [-0.3, -0.25) is 0 Å². The lowest BCUT2D eigenvalue weighted by atomic mass is 10.3. The Labute approximate surface area is 165 Å². The summed E-state index contributed by atoms with van der Waals surface area (Å²) in [5.74, 6) is 0.912. The summed E-state index contributed by atoms with van der Waals surface area (Å²) in [5.41, 5.74) is 0. The van der Waals surface area contributed by atoms with Gasteiger partial charge in [-0.2, -0.15) is 0 Å². The molecule has 0 aromatic heterocycles. The van der Waals surface area contributed by atoms with Crippen molar-refractivity contribution in [1.82, 2.24) is 0 Å². The van der Waals surface area contributed by atoms with Gasteiger partial charge in [0.1, 0.15) is 30.8 Å². The molecule has 0 radical (unpaired) electrons. The lowest BCUT2D eigenvalue weighted by Crippen LogP contribution is -2.25. The number of hydrogen-bond acceptors (Lipinski definition) is 7. The second kappa shape index (κ2) is 9.40. The van der Waals surface area contributed by atoms with Gasteiger partial charge in [0, 0.05) is 0 Å². The lowest BCUT2D eigenvalue weighted by Gasteiger charge is -2.14. The highest BCUT2D eigenvalue weighted by Gasteiger charge is 2.13. The number of aliphatic hydroxyl groups excluding tert-OH is 1. The molecular weight excluding hydrogens is 404 g/mol. The van der Waals surface area contributed by atoms with Crippen LogP contribution in [-0.2, 0) is 19.7 Å². The zero-order valence-electron chi connectivity index (χ0n) is 15.7. The molecule has 0 atom stereocenters. The van der Waals surface area contributed by atoms with Crippen molar-refractivity contribution in [1.29, 1.82) is 0 Å². The van der Waals surface area contributed by atoms with Crippen molar-refractivity contribution >= 4 is 19.7 Å². The first-order valence-corrected chi connectivity index (χ1v) is 12.1. The number of sulfone groups is 2. The molecule has 2 aromatic rings. The standard InChI is InChI=1S/C19H24O7S2/c1-3-27(21,22)18-9-5-16(6-10-18)25-13-15(20)14-26-17-7-11-19(12-8-17)28(23,24)4-2/h5-12,15,20H,3-4,13-14H2,1-2H3. The Kier molecular flexibility index (Phi) is 7.45. The first-order chi connectivity index (χ1) is 13.2. The number of benzene rings is 2. The molecule has 0 unspecified atom stereocenters. The third kappa shape index (κ3) is 5.95. The summed E-state index contributed by atoms with van der Waals surface area (Å²) in [7, 11) is -6.52. The molecule has 0 saturated carbocycles. The number of ether oxygens (including phenoxy) is 2. The van der Waals surface area contributed by atoms with E-state index in [4.69, 9.17) is 9.47 Å². The van der Waals surface area contributed by atoms with Crippen molar-refractivity contribution in [3.63, 3.8) is 0 Å². The van der Waals surface area contributed by atoms with Gasteiger partial charge in [0.25, 0.3) is 0 Å². The van der Waals surface area contributed by atoms with Crippen LogP contribution in [0.2, 0.25) is 0 Å². The van der Waals surface area contributed by atoms with E-state index in [-0.39, 0.29) is 34.5 Å². The Morgan fingerprint density at radius 3 is 1.32 bits per heavy atom. The highest BCUT2D eigenvalue weighted by atomic mass is 32.2. The van der Waals surface area contributed by atoms with Crippen LogP contribution in [0.1, 0.15) is 13.8 Å². The second-order valence-corrected chi connectivity index (χ2v) is 10.6. The molecule has 2 aromatic carbocycles. The summed E-state index contributed by atoms with van der Waals surface area (Å²) in [6.45, 7) is 3.07. The maximum Gasteiger partial charge on any atom is 0.178 e. The molecule has 1 N–H and O–H groups in total. The lowest BCUT2D eigenvalue weighted by molar-refractivity contribution is 0.0626. The quantitative estimate of drug-likeness (QED) is 0.617. The Bertz CT molecular complexity index is 882. The summed E-state index contributed by atoms with van der Waals surface area (Å²) in [6, 6.07) is 12.0. The zero-order valence-corrected chi connectivity index (χ0v) is 17.4. The van der Waals surface area contributed by atoms with Crippen LogP contribution in [0.3, 0.4) is 0 Å². The van der Waals surface area contributed by atoms with Crippen molar-refractivity contribution in [2.75, 3.05) is 24.7 Å². The van der Waals surface area contributed by atoms with E-state index in [9.17, 15) is 21.9 Å². The van der Waals surface area contributed by atoms with Crippen LogP contribution in [0.4, 0.5) is 0 Å². The summed E-state index contributed by atoms with van der Waals surface area (Å²) in [6.07, 6.45) is -0.918. The summed E-state index contributed by atoms with van der Waals surface area (Å²) in [5, 5.41) is 9.97. The first kappa shape index (κ1) is 22.2. The monoisotopic (exact) mass is 428 g/mol. The Balaban J connectivity index is 1.84. The van der Waals surface area contributed by atoms with Crippen LogP contribution in [0, 0.1) is 0 Å². The van der Waals surface area contributed by atoms with Gasteiger partial charge >= 0.3 is 0 Å². The predicted molar refractivity (Wildman–Crippen MR) is 105 cm³/mol. The van der Waals surface area contributed by atoms with Crippen molar-refractivity contribution in [3.05, 3.63) is 48.5 Å². The maximum atomic E-state index is 11.8. The van der Waals surface area contributed by atoms with E-state index in [1.165, 1.54) is 48.5 Å². The van der Waals surface area contributed by atoms with Crippen LogP contribution < -0.4 is 9.47 Å². The summed E-state index contributed by atoms with van der Waals surface area (Å²) in [4.78, 5) is 0.444. The van der Waals surface area contributed by atoms with Gasteiger partial charge in [0.05, 0.1) is 21.3 Å². The van der Waals surface area contributed by atoms with Gasteiger partial charge in [0.2, 0.25) is 0 Å². The zero-order chi connectivity index (χ0) is 20.8. The molecule has 0 fully saturated rings. The predicted octanol–water partition coefficient (Wildman–Crippen LogP) is 2.09. The van der Waals surface area contributed by atoms with Crippen molar-refractivity contribution in [3.8, 4) is 11.5 Å². The summed E-state index contributed by atoms with van der Waals surface area (Å²) < 4.78 is 57.9. The molecule has 0 aliphatic rings. The fourth-order valence-corrected chi connectivity index (χ4v) is 4.02. The minimum absolute atomic E-state index is 0.0224. The van der Waals surface area contributed by atoms with Crippen LogP contribution in [0.15, 0.2) is 58.3 Å². The molecule has 0 aliphatic heterocycles. The SMILES string of the molecule is CCS(=O)(=O)c1ccc(OCC(O)COc2ccc(S(=O)(=O)CC)cc2)cc1. The van der Waals surface area contributed by atoms with E-state index in [2.05, 4.69) is 0 Å². The maximum absolute atomic E-state index is 11.8. The highest BCUT2D eigenvalue weighted by molar-refractivity contribution is 7.91. The highest BCUT2D eigenvalue weighted by Crippen LogP contribution is 2.19. The van der Waals surface area contributed by atoms with Crippen LogP contribution >= 0.6 is 0 Å². The Hall–Kier alpha value is -2.10. The van der Waals surface area contributed by atoms with Gasteiger partial charge < -0.3 is 14.6 Å². The molecule has 28 heavy (non-hydrogen) atoms. The van der Waals surface area contributed by atoms with Crippen molar-refractivity contribution in [2.45, 2.75) is 29.7 Å². The van der Waals surface area contributed by atoms with E-state index in [1.807, 2.05) is 0 Å².